The molecule has 0 radical (unpaired) electrons. The van der Waals surface area contributed by atoms with Crippen molar-refractivity contribution in [2.75, 3.05) is 0 Å². The smallest absolute Gasteiger partial charge is 0.0838 e. The van der Waals surface area contributed by atoms with Gasteiger partial charge in [-0.25, -0.2) is 0 Å². The Labute approximate surface area is 668 Å². The van der Waals surface area contributed by atoms with Gasteiger partial charge in [0.25, 0.3) is 0 Å². The largest absolute Gasteiger partial charge is 0.305 e. The molecule has 520 valence electrons. The summed E-state index contributed by atoms with van der Waals surface area (Å²) in [4.78, 5) is 8.03. The van der Waals surface area contributed by atoms with Crippen molar-refractivity contribution in [3.8, 4) is 64.5 Å². The number of rotatable bonds is 8. The SMILES string of the molecule is Cc1ccc(-c2cc3sc4c5sc6c(sc7c8sc9cc(-c%10ccc(C)cc%10)sc9c8n(-c8ccc(C)cc8)c76)c5n(-c5ccc(C)cc5)c4c3s2)cc1.Cc1ccc(-n2c3c4ccc(-c5ccc(C)s5)cc4sc3c3sc4c(sc5c6sc7cc(-c8ccc(C)s8)ccc7c6n(-c6ccc(C)cc6)c54)c32)cc1. The summed E-state index contributed by atoms with van der Waals surface area (Å²) in [6, 6.07) is 82.5. The lowest BCUT2D eigenvalue weighted by Gasteiger charge is -2.09. The lowest BCUT2D eigenvalue weighted by atomic mass is 10.1. The summed E-state index contributed by atoms with van der Waals surface area (Å²) in [6.45, 7) is 17.4. The van der Waals surface area contributed by atoms with Crippen molar-refractivity contribution in [2.45, 2.75) is 55.4 Å². The second kappa shape index (κ2) is 24.2. The Balaban J connectivity index is 0.000000130. The minimum atomic E-state index is 1.22. The van der Waals surface area contributed by atoms with Gasteiger partial charge in [0, 0.05) is 81.6 Å². The van der Waals surface area contributed by atoms with Crippen molar-refractivity contribution in [1.82, 2.24) is 18.3 Å². The maximum absolute atomic E-state index is 2.60. The van der Waals surface area contributed by atoms with E-state index in [1.165, 1.54) is 247 Å². The van der Waals surface area contributed by atoms with E-state index in [1.54, 1.807) is 0 Å². The zero-order valence-electron chi connectivity index (χ0n) is 59.5. The lowest BCUT2D eigenvalue weighted by Crippen LogP contribution is -1.94. The van der Waals surface area contributed by atoms with Gasteiger partial charge in [-0.05, 0) is 175 Å². The van der Waals surface area contributed by atoms with Crippen LogP contribution in [0.15, 0.2) is 218 Å². The molecule has 0 saturated heterocycles. The molecule has 0 spiro atoms. The van der Waals surface area contributed by atoms with Crippen LogP contribution < -0.4 is 0 Å². The van der Waals surface area contributed by atoms with Gasteiger partial charge in [0.15, 0.2) is 0 Å². The highest BCUT2D eigenvalue weighted by Gasteiger charge is 2.33. The van der Waals surface area contributed by atoms with Gasteiger partial charge in [-0.2, -0.15) is 0 Å². The molecular formula is C92H60N4S12. The van der Waals surface area contributed by atoms with Crippen LogP contribution in [0.25, 0.3) is 204 Å². The first-order valence-corrected chi connectivity index (χ1v) is 45.8. The first-order valence-electron chi connectivity index (χ1n) is 36.0. The Morgan fingerprint density at radius 2 is 0.426 bits per heavy atom. The summed E-state index contributed by atoms with van der Waals surface area (Å²) < 4.78 is 35.3. The van der Waals surface area contributed by atoms with Gasteiger partial charge in [-0.3, -0.25) is 0 Å². The summed E-state index contributed by atoms with van der Waals surface area (Å²) in [5.74, 6) is 0. The van der Waals surface area contributed by atoms with Gasteiger partial charge in [0.1, 0.15) is 0 Å². The Bertz CT molecular complexity index is 7370. The number of hydrogen-bond donors (Lipinski definition) is 0. The van der Waals surface area contributed by atoms with Crippen LogP contribution in [0.4, 0.5) is 0 Å². The maximum atomic E-state index is 2.60. The molecule has 0 atom stereocenters. The molecule has 16 aromatic heterocycles. The molecule has 0 aliphatic rings. The highest BCUT2D eigenvalue weighted by molar-refractivity contribution is 7.43. The highest BCUT2D eigenvalue weighted by Crippen LogP contribution is 2.60. The summed E-state index contributed by atoms with van der Waals surface area (Å²) in [6.07, 6.45) is 0. The highest BCUT2D eigenvalue weighted by atomic mass is 32.1. The average Bonchev–Trinajstić information content (AvgIpc) is 1.51. The van der Waals surface area contributed by atoms with E-state index in [2.05, 4.69) is 292 Å². The third-order valence-electron chi connectivity index (χ3n) is 21.5. The topological polar surface area (TPSA) is 19.7 Å². The van der Waals surface area contributed by atoms with Crippen molar-refractivity contribution in [3.05, 3.63) is 262 Å². The van der Waals surface area contributed by atoms with E-state index < -0.39 is 0 Å². The molecule has 0 unspecified atom stereocenters. The molecule has 0 amide bonds. The molecule has 108 heavy (non-hydrogen) atoms. The molecule has 16 heteroatoms. The molecule has 0 aliphatic carbocycles. The molecule has 0 bridgehead atoms. The van der Waals surface area contributed by atoms with Crippen LogP contribution in [0.3, 0.4) is 0 Å². The molecule has 24 aromatic rings. The van der Waals surface area contributed by atoms with Crippen LogP contribution in [0.5, 0.6) is 0 Å². The van der Waals surface area contributed by atoms with E-state index in [1.807, 2.05) is 136 Å². The lowest BCUT2D eigenvalue weighted by molar-refractivity contribution is 1.19. The predicted octanol–water partition coefficient (Wildman–Crippen LogP) is 32.6. The molecule has 16 heterocycles. The van der Waals surface area contributed by atoms with Gasteiger partial charge in [0.2, 0.25) is 0 Å². The van der Waals surface area contributed by atoms with Gasteiger partial charge in [-0.1, -0.05) is 155 Å². The normalized spacial score (nSPS) is 12.4. The fourth-order valence-electron chi connectivity index (χ4n) is 16.1. The van der Waals surface area contributed by atoms with Crippen molar-refractivity contribution in [1.29, 1.82) is 0 Å². The van der Waals surface area contributed by atoms with Crippen molar-refractivity contribution in [3.63, 3.8) is 0 Å². The zero-order chi connectivity index (χ0) is 72.0. The minimum absolute atomic E-state index is 1.22. The quantitative estimate of drug-likeness (QED) is 0.144. The molecule has 0 N–H and O–H groups in total. The Hall–Kier alpha value is -9.08. The van der Waals surface area contributed by atoms with Crippen LogP contribution in [-0.4, -0.2) is 18.3 Å². The van der Waals surface area contributed by atoms with E-state index in [9.17, 15) is 0 Å². The van der Waals surface area contributed by atoms with Gasteiger partial charge in [-0.15, -0.1) is 136 Å². The van der Waals surface area contributed by atoms with Crippen LogP contribution in [0.1, 0.15) is 43.1 Å². The summed E-state index contributed by atoms with van der Waals surface area (Å²) >= 11 is 23.4. The number of thiophene rings is 12. The standard InChI is InChI=1S/2C46H30N2S6/c1-23-5-13-29(14-6-23)47-37-31-17-11-27(33-19-9-25(3)49-33)21-35(31)51-41(37)43-39(47)45-46(53-43)40-44(54-45)42-38(48(40)30-15-7-24(2)8-16-30)32-18-12-28(22-36(32)52-42)34-20-10-26(4)50-34;1-23-5-13-27(14-6-23)31-21-33-39(49-31)35-41(51-33)43-37(47(35)29-17-9-25(3)10-18-29)45-46(53-43)38-44(54-45)42-36(48(38)30-19-11-26(4)12-20-30)40-34(52-42)22-32(50-40)28-15-7-24(2)8-16-28/h2*5-22H,1-4H3. The molecule has 8 aromatic carbocycles. The predicted molar refractivity (Wildman–Crippen MR) is 489 cm³/mol. The second-order valence-electron chi connectivity index (χ2n) is 28.8. The zero-order valence-corrected chi connectivity index (χ0v) is 69.3. The van der Waals surface area contributed by atoms with Crippen molar-refractivity contribution < 1.29 is 0 Å². The number of fused-ring (bicyclic) bond motifs is 26. The van der Waals surface area contributed by atoms with E-state index in [0.717, 1.165) is 0 Å². The number of hydrogen-bond acceptors (Lipinski definition) is 12. The minimum Gasteiger partial charge on any atom is -0.305 e. The third kappa shape index (κ3) is 9.72. The van der Waals surface area contributed by atoms with E-state index in [-0.39, 0.29) is 0 Å². The van der Waals surface area contributed by atoms with Crippen molar-refractivity contribution >= 4 is 276 Å². The van der Waals surface area contributed by atoms with E-state index in [4.69, 9.17) is 0 Å². The monoisotopic (exact) mass is 1600 g/mol. The van der Waals surface area contributed by atoms with Gasteiger partial charge in [0.05, 0.1) is 110 Å². The molecule has 0 aliphatic heterocycles. The Kier molecular flexibility index (Phi) is 14.5. The van der Waals surface area contributed by atoms with Crippen LogP contribution in [0.2, 0.25) is 0 Å². The Morgan fingerprint density at radius 3 is 0.722 bits per heavy atom. The third-order valence-corrected chi connectivity index (χ3v) is 36.4. The fraction of sp³-hybridized carbons (Fsp3) is 0.0870. The maximum Gasteiger partial charge on any atom is 0.0838 e. The number of benzene rings is 8. The summed E-state index contributed by atoms with van der Waals surface area (Å²) in [5, 5.41) is 2.66. The van der Waals surface area contributed by atoms with Crippen molar-refractivity contribution in [2.24, 2.45) is 0 Å². The molecular weight excluding hydrogens is 1550 g/mol. The number of aromatic nitrogens is 4. The number of nitrogens with zero attached hydrogens (tertiary/aromatic N) is 4. The fourth-order valence-corrected chi connectivity index (χ4v) is 31.7. The van der Waals surface area contributed by atoms with Crippen LogP contribution in [0, 0.1) is 55.4 Å². The van der Waals surface area contributed by atoms with E-state index in [0.29, 0.717) is 0 Å². The first kappa shape index (κ1) is 64.9. The summed E-state index contributed by atoms with van der Waals surface area (Å²) in [7, 11) is 0. The molecule has 24 rings (SSSR count). The first-order chi connectivity index (χ1) is 52.7. The average molecular weight is 1610 g/mol. The van der Waals surface area contributed by atoms with E-state index >= 15 is 0 Å². The summed E-state index contributed by atoms with van der Waals surface area (Å²) in [5.41, 5.74) is 28.6. The molecule has 0 fully saturated rings. The number of aryl methyl sites for hydroxylation is 8. The van der Waals surface area contributed by atoms with Crippen LogP contribution in [-0.2, 0) is 0 Å². The second-order valence-corrected chi connectivity index (χ2v) is 41.8. The molecule has 0 saturated carbocycles. The van der Waals surface area contributed by atoms with Crippen LogP contribution >= 0.6 is 136 Å². The Morgan fingerprint density at radius 1 is 0.176 bits per heavy atom. The van der Waals surface area contributed by atoms with Gasteiger partial charge >= 0.3 is 0 Å². The molecule has 4 nitrogen and oxygen atoms in total. The van der Waals surface area contributed by atoms with Gasteiger partial charge < -0.3 is 18.3 Å².